The number of benzene rings is 1. The maximum atomic E-state index is 5.54. The van der Waals surface area contributed by atoms with Crippen LogP contribution in [0.25, 0.3) is 22.6 Å². The van der Waals surface area contributed by atoms with E-state index in [1.807, 2.05) is 37.4 Å². The average molecular weight is 391 g/mol. The molecule has 0 aliphatic heterocycles. The Morgan fingerprint density at radius 2 is 1.83 bits per heavy atom. The summed E-state index contributed by atoms with van der Waals surface area (Å²) < 4.78 is 12.3. The fourth-order valence-corrected chi connectivity index (χ4v) is 2.91. The van der Waals surface area contributed by atoms with Gasteiger partial charge in [-0.05, 0) is 11.1 Å². The zero-order valence-electron chi connectivity index (χ0n) is 16.2. The van der Waals surface area contributed by atoms with Crippen molar-refractivity contribution in [2.24, 2.45) is 0 Å². The molecule has 0 saturated heterocycles. The highest BCUT2D eigenvalue weighted by atomic mass is 16.5. The molecular weight excluding hydrogens is 370 g/mol. The summed E-state index contributed by atoms with van der Waals surface area (Å²) in [6, 6.07) is 8.10. The topological polar surface area (TPSA) is 118 Å². The Kier molecular flexibility index (Phi) is 5.30. The van der Waals surface area contributed by atoms with Crippen LogP contribution in [-0.2, 0) is 11.3 Å². The first-order valence-electron chi connectivity index (χ1n) is 9.17. The first-order valence-corrected chi connectivity index (χ1v) is 9.17. The van der Waals surface area contributed by atoms with Crippen LogP contribution in [0.5, 0.6) is 0 Å². The number of aromatic nitrogens is 6. The van der Waals surface area contributed by atoms with Gasteiger partial charge in [0.05, 0.1) is 24.9 Å². The van der Waals surface area contributed by atoms with Crippen LogP contribution in [0.1, 0.15) is 24.2 Å². The Hall–Kier alpha value is -3.59. The molecule has 1 aromatic carbocycles. The van der Waals surface area contributed by atoms with Crippen molar-refractivity contribution in [1.82, 2.24) is 29.9 Å². The van der Waals surface area contributed by atoms with E-state index in [2.05, 4.69) is 25.2 Å². The van der Waals surface area contributed by atoms with E-state index in [0.717, 1.165) is 22.3 Å². The van der Waals surface area contributed by atoms with Crippen molar-refractivity contribution in [3.05, 3.63) is 60.4 Å². The second kappa shape index (κ2) is 8.19. The van der Waals surface area contributed by atoms with Gasteiger partial charge in [-0.2, -0.15) is 10.1 Å². The molecule has 0 aliphatic rings. The molecule has 9 nitrogen and oxygen atoms in total. The fraction of sp³-hybridized carbons (Fsp3) is 0.250. The molecular formula is C20H21N7O2. The molecule has 4 aromatic rings. The first-order chi connectivity index (χ1) is 14.1. The smallest absolute Gasteiger partial charge is 0.261 e. The number of nitrogens with zero attached hydrogens (tertiary/aromatic N) is 6. The number of ether oxygens (including phenoxy) is 1. The van der Waals surface area contributed by atoms with Gasteiger partial charge in [-0.3, -0.25) is 4.68 Å². The van der Waals surface area contributed by atoms with Gasteiger partial charge in [0.2, 0.25) is 5.95 Å². The Bertz CT molecular complexity index is 1070. The van der Waals surface area contributed by atoms with Crippen LogP contribution in [0.2, 0.25) is 0 Å². The van der Waals surface area contributed by atoms with E-state index in [-0.39, 0.29) is 11.9 Å². The van der Waals surface area contributed by atoms with Gasteiger partial charge in [-0.15, -0.1) is 0 Å². The zero-order chi connectivity index (χ0) is 20.2. The number of nitrogens with two attached hydrogens (primary N) is 1. The zero-order valence-corrected chi connectivity index (χ0v) is 16.2. The van der Waals surface area contributed by atoms with Crippen LogP contribution in [0.4, 0.5) is 5.95 Å². The lowest BCUT2D eigenvalue weighted by molar-refractivity contribution is 0.183. The SMILES string of the molecule is COCCn1cc(-c2nc([C@@H](C)c3ccc(-c4cnc(N)nc4)cc3)no2)cn1. The van der Waals surface area contributed by atoms with Crippen LogP contribution in [-0.4, -0.2) is 43.6 Å². The molecule has 148 valence electrons. The third-order valence-corrected chi connectivity index (χ3v) is 4.65. The van der Waals surface area contributed by atoms with Crippen molar-refractivity contribution in [2.75, 3.05) is 19.5 Å². The molecule has 4 rings (SSSR count). The second-order valence-corrected chi connectivity index (χ2v) is 6.62. The normalized spacial score (nSPS) is 12.2. The van der Waals surface area contributed by atoms with Crippen LogP contribution in [0.3, 0.4) is 0 Å². The predicted molar refractivity (Wildman–Crippen MR) is 107 cm³/mol. The molecule has 0 bridgehead atoms. The molecule has 9 heteroatoms. The second-order valence-electron chi connectivity index (χ2n) is 6.62. The molecule has 0 radical (unpaired) electrons. The molecule has 0 unspecified atom stereocenters. The summed E-state index contributed by atoms with van der Waals surface area (Å²) >= 11 is 0. The van der Waals surface area contributed by atoms with Gasteiger partial charge in [0, 0.05) is 37.2 Å². The van der Waals surface area contributed by atoms with Gasteiger partial charge in [-0.25, -0.2) is 9.97 Å². The van der Waals surface area contributed by atoms with Crippen LogP contribution in [0.15, 0.2) is 53.6 Å². The summed E-state index contributed by atoms with van der Waals surface area (Å²) in [6.07, 6.45) is 6.99. The molecule has 1 atom stereocenters. The number of nitrogen functional groups attached to an aromatic ring is 1. The lowest BCUT2D eigenvalue weighted by atomic mass is 9.98. The predicted octanol–water partition coefficient (Wildman–Crippen LogP) is 2.77. The molecule has 0 amide bonds. The van der Waals surface area contributed by atoms with Gasteiger partial charge >= 0.3 is 0 Å². The number of rotatable bonds is 7. The van der Waals surface area contributed by atoms with E-state index >= 15 is 0 Å². The van der Waals surface area contributed by atoms with Crippen LogP contribution < -0.4 is 5.73 Å². The minimum atomic E-state index is -0.0206. The Labute approximate surface area is 167 Å². The van der Waals surface area contributed by atoms with Crippen molar-refractivity contribution in [2.45, 2.75) is 19.4 Å². The summed E-state index contributed by atoms with van der Waals surface area (Å²) in [4.78, 5) is 12.6. The van der Waals surface area contributed by atoms with E-state index in [9.17, 15) is 0 Å². The summed E-state index contributed by atoms with van der Waals surface area (Å²) in [7, 11) is 1.66. The largest absolute Gasteiger partial charge is 0.383 e. The van der Waals surface area contributed by atoms with Crippen molar-refractivity contribution in [1.29, 1.82) is 0 Å². The van der Waals surface area contributed by atoms with Gasteiger partial charge in [0.1, 0.15) is 0 Å². The summed E-state index contributed by atoms with van der Waals surface area (Å²) in [5, 5.41) is 8.43. The molecule has 3 heterocycles. The highest BCUT2D eigenvalue weighted by molar-refractivity contribution is 5.62. The van der Waals surface area contributed by atoms with E-state index in [0.29, 0.717) is 24.9 Å². The highest BCUT2D eigenvalue weighted by Gasteiger charge is 2.18. The van der Waals surface area contributed by atoms with Crippen molar-refractivity contribution in [3.8, 4) is 22.6 Å². The molecule has 0 spiro atoms. The third kappa shape index (κ3) is 4.14. The highest BCUT2D eigenvalue weighted by Crippen LogP contribution is 2.27. The molecule has 0 aliphatic carbocycles. The standard InChI is InChI=1S/C20H21N7O2/c1-13(14-3-5-15(6-4-14)16-9-22-20(21)23-10-16)18-25-19(29-26-18)17-11-24-27(12-17)7-8-28-2/h3-6,9-13H,7-8H2,1-2H3,(H2,21,22,23)/t13-/m0/s1. The van der Waals surface area contributed by atoms with Crippen molar-refractivity contribution >= 4 is 5.95 Å². The number of hydrogen-bond acceptors (Lipinski definition) is 8. The Morgan fingerprint density at radius 1 is 1.07 bits per heavy atom. The minimum Gasteiger partial charge on any atom is -0.383 e. The lowest BCUT2D eigenvalue weighted by Crippen LogP contribution is -2.03. The number of methoxy groups -OCH3 is 1. The third-order valence-electron chi connectivity index (χ3n) is 4.65. The molecule has 29 heavy (non-hydrogen) atoms. The molecule has 2 N–H and O–H groups in total. The number of anilines is 1. The minimum absolute atomic E-state index is 0.0206. The lowest BCUT2D eigenvalue weighted by Gasteiger charge is -2.08. The molecule has 0 saturated carbocycles. The maximum Gasteiger partial charge on any atom is 0.261 e. The van der Waals surface area contributed by atoms with Crippen molar-refractivity contribution in [3.63, 3.8) is 0 Å². The summed E-state index contributed by atoms with van der Waals surface area (Å²) in [6.45, 7) is 3.29. The quantitative estimate of drug-likeness (QED) is 0.511. The summed E-state index contributed by atoms with van der Waals surface area (Å²) in [5.74, 6) is 1.31. The Morgan fingerprint density at radius 3 is 2.55 bits per heavy atom. The number of hydrogen-bond donors (Lipinski definition) is 1. The van der Waals surface area contributed by atoms with Gasteiger partial charge in [0.25, 0.3) is 5.89 Å². The van der Waals surface area contributed by atoms with Gasteiger partial charge < -0.3 is 15.0 Å². The van der Waals surface area contributed by atoms with E-state index < -0.39 is 0 Å². The van der Waals surface area contributed by atoms with Crippen LogP contribution >= 0.6 is 0 Å². The van der Waals surface area contributed by atoms with E-state index in [1.165, 1.54) is 0 Å². The average Bonchev–Trinajstić information content (AvgIpc) is 3.42. The maximum absolute atomic E-state index is 5.54. The Balaban J connectivity index is 1.49. The van der Waals surface area contributed by atoms with Crippen molar-refractivity contribution < 1.29 is 9.26 Å². The van der Waals surface area contributed by atoms with Gasteiger partial charge in [-0.1, -0.05) is 36.3 Å². The monoisotopic (exact) mass is 391 g/mol. The van der Waals surface area contributed by atoms with Gasteiger partial charge in [0.15, 0.2) is 5.82 Å². The van der Waals surface area contributed by atoms with Crippen LogP contribution in [0, 0.1) is 0 Å². The molecule has 3 aromatic heterocycles. The van der Waals surface area contributed by atoms with E-state index in [1.54, 1.807) is 30.4 Å². The first kappa shape index (κ1) is 18.8. The molecule has 0 fully saturated rings. The van der Waals surface area contributed by atoms with E-state index in [4.69, 9.17) is 15.0 Å². The summed E-state index contributed by atoms with van der Waals surface area (Å²) in [5.41, 5.74) is 9.32. The fourth-order valence-electron chi connectivity index (χ4n) is 2.91.